The van der Waals surface area contributed by atoms with E-state index in [1.807, 2.05) is 0 Å². The van der Waals surface area contributed by atoms with Gasteiger partial charge < -0.3 is 10.0 Å². The second-order valence-electron chi connectivity index (χ2n) is 14.7. The van der Waals surface area contributed by atoms with Crippen molar-refractivity contribution >= 4 is 86.0 Å². The van der Waals surface area contributed by atoms with Gasteiger partial charge in [0.25, 0.3) is 11.8 Å². The quantitative estimate of drug-likeness (QED) is 0.0313. The molecular formula is C38H24Cl2F5N5O9. The Morgan fingerprint density at radius 3 is 1.95 bits per heavy atom. The number of nitro groups is 2. The van der Waals surface area contributed by atoms with E-state index in [2.05, 4.69) is 0 Å². The van der Waals surface area contributed by atoms with Crippen molar-refractivity contribution in [2.45, 2.75) is 28.5 Å². The third-order valence-corrected chi connectivity index (χ3v) is 13.0. The molecule has 21 heteroatoms. The molecule has 304 valence electrons. The molecule has 0 spiro atoms. The van der Waals surface area contributed by atoms with E-state index < -0.39 is 137 Å². The van der Waals surface area contributed by atoms with Crippen molar-refractivity contribution in [2.75, 3.05) is 28.8 Å². The molecule has 59 heavy (non-hydrogen) atoms. The number of imide groups is 2. The van der Waals surface area contributed by atoms with Crippen molar-refractivity contribution in [3.8, 4) is 5.75 Å². The Bertz CT molecular complexity index is 2660. The van der Waals surface area contributed by atoms with E-state index in [9.17, 15) is 57.7 Å². The number of benzene rings is 4. The Hall–Kier alpha value is -6.21. The summed E-state index contributed by atoms with van der Waals surface area (Å²) >= 11 is 14.4. The average molecular weight is 861 g/mol. The highest BCUT2D eigenvalue weighted by atomic mass is 35.5. The molecule has 4 aliphatic rings. The number of hydrogen-bond acceptors (Lipinski definition) is 10. The van der Waals surface area contributed by atoms with E-state index in [1.54, 1.807) is 12.1 Å². The molecular weight excluding hydrogens is 836 g/mol. The van der Waals surface area contributed by atoms with Gasteiger partial charge in [-0.1, -0.05) is 42.0 Å². The number of fused-ring (bicyclic) bond motifs is 5. The van der Waals surface area contributed by atoms with Gasteiger partial charge in [0.1, 0.15) is 11.4 Å². The summed E-state index contributed by atoms with van der Waals surface area (Å²) in [5.74, 6) is -24.9. The number of hydrogen-bond donors (Lipinski definition) is 1. The summed E-state index contributed by atoms with van der Waals surface area (Å²) in [6.45, 7) is 0. The van der Waals surface area contributed by atoms with Crippen LogP contribution in [0.3, 0.4) is 0 Å². The summed E-state index contributed by atoms with van der Waals surface area (Å²) in [4.78, 5) is 75.9. The minimum absolute atomic E-state index is 0.0208. The number of carbonyl (C=O) groups excluding carboxylic acids is 4. The number of alkyl halides is 2. The Labute approximate surface area is 337 Å². The van der Waals surface area contributed by atoms with Crippen molar-refractivity contribution in [1.82, 2.24) is 0 Å². The number of phenolic OH excluding ortho intramolecular Hbond substituents is 1. The zero-order valence-electron chi connectivity index (χ0n) is 30.0. The number of carbonyl (C=O) groups is 4. The van der Waals surface area contributed by atoms with Crippen molar-refractivity contribution in [2.24, 2.45) is 17.8 Å². The van der Waals surface area contributed by atoms with Crippen LogP contribution in [-0.4, -0.2) is 62.4 Å². The molecule has 6 atom stereocenters. The zero-order valence-corrected chi connectivity index (χ0v) is 31.5. The van der Waals surface area contributed by atoms with Gasteiger partial charge in [0.05, 0.1) is 27.4 Å². The number of anilines is 3. The smallest absolute Gasteiger partial charge is 0.301 e. The fourth-order valence-electron chi connectivity index (χ4n) is 9.18. The molecule has 4 amide bonds. The van der Waals surface area contributed by atoms with Crippen molar-refractivity contribution in [3.05, 3.63) is 115 Å². The third-order valence-electron chi connectivity index (χ3n) is 11.6. The van der Waals surface area contributed by atoms with Crippen LogP contribution >= 0.6 is 23.2 Å². The van der Waals surface area contributed by atoms with Crippen molar-refractivity contribution in [3.63, 3.8) is 0 Å². The predicted octanol–water partition coefficient (Wildman–Crippen LogP) is 6.89. The van der Waals surface area contributed by atoms with Crippen LogP contribution in [-0.2, 0) is 19.2 Å². The molecule has 4 aromatic rings. The molecule has 4 aromatic carbocycles. The highest BCUT2D eigenvalue weighted by molar-refractivity contribution is 6.58. The first kappa shape index (κ1) is 39.6. The number of allylic oxidation sites excluding steroid dienone is 2. The molecule has 1 saturated carbocycles. The lowest BCUT2D eigenvalue weighted by atomic mass is 9.56. The summed E-state index contributed by atoms with van der Waals surface area (Å²) < 4.78 is 74.3. The van der Waals surface area contributed by atoms with Crippen LogP contribution in [0, 0.1) is 67.1 Å². The van der Waals surface area contributed by atoms with E-state index in [0.29, 0.717) is 10.3 Å². The minimum Gasteiger partial charge on any atom is -0.508 e. The highest BCUT2D eigenvalue weighted by Gasteiger charge is 2.77. The Morgan fingerprint density at radius 2 is 1.37 bits per heavy atom. The van der Waals surface area contributed by atoms with Crippen LogP contribution in [0.15, 0.2) is 60.2 Å². The molecule has 2 saturated heterocycles. The first-order valence-electron chi connectivity index (χ1n) is 17.4. The van der Waals surface area contributed by atoms with E-state index >= 15 is 8.78 Å². The molecule has 14 nitrogen and oxygen atoms in total. The van der Waals surface area contributed by atoms with Gasteiger partial charge in [-0.25, -0.2) is 31.8 Å². The maximum atomic E-state index is 15.4. The molecule has 0 aromatic heterocycles. The first-order valence-corrected chi connectivity index (χ1v) is 18.2. The molecule has 0 radical (unpaired) electrons. The van der Waals surface area contributed by atoms with Crippen molar-refractivity contribution in [1.29, 1.82) is 0 Å². The molecule has 2 heterocycles. The second kappa shape index (κ2) is 13.2. The lowest BCUT2D eigenvalue weighted by molar-refractivity contribution is -0.392. The molecule has 3 fully saturated rings. The standard InChI is InChI=1S/C38H24Cl2F5N5O9/c1-46(2)31-20(49(56)57)11-15(12-21(31)50(58)59)47-33(52)18-9-8-17-19(23(18)34(47)53)13-37(39)35(54)48(32-29(44)27(42)26(41)28(43)30(32)45)36(55)38(37,40)25(17)24-16-6-4-3-5-14(16)7-10-22(24)51/h3-8,10-12,18-19,23,25,51H,9,13H2,1-2H3. The summed E-state index contributed by atoms with van der Waals surface area (Å²) in [6.07, 6.45) is 0.202. The van der Waals surface area contributed by atoms with Crippen LogP contribution < -0.4 is 14.7 Å². The molecule has 1 N–H and O–H groups in total. The topological polar surface area (TPSA) is 185 Å². The monoisotopic (exact) mass is 859 g/mol. The summed E-state index contributed by atoms with van der Waals surface area (Å²) in [5.41, 5.74) is -4.79. The fourth-order valence-corrected chi connectivity index (χ4v) is 10.1. The Kier molecular flexibility index (Phi) is 8.83. The van der Waals surface area contributed by atoms with Gasteiger partial charge in [-0.2, -0.15) is 0 Å². The van der Waals surface area contributed by atoms with E-state index in [4.69, 9.17) is 23.2 Å². The minimum atomic E-state index is -2.93. The number of phenols is 1. The SMILES string of the molecule is CN(C)c1c([N+](=O)[O-])cc(N2C(=O)C3CC=C4C(CC5(Cl)C(=O)N(c6c(F)c(F)c(F)c(F)c6F)C(=O)C5(Cl)C4c4c(O)ccc5ccccc45)C3C2=O)cc1[N+](=O)[O-]. The summed E-state index contributed by atoms with van der Waals surface area (Å²) in [7, 11) is 2.61. The van der Waals surface area contributed by atoms with E-state index in [-0.39, 0.29) is 27.8 Å². The van der Waals surface area contributed by atoms with Gasteiger partial charge >= 0.3 is 11.4 Å². The van der Waals surface area contributed by atoms with Crippen LogP contribution in [0.5, 0.6) is 5.75 Å². The molecule has 2 aliphatic carbocycles. The number of nitro benzene ring substituents is 2. The van der Waals surface area contributed by atoms with Gasteiger partial charge in [0.2, 0.25) is 17.6 Å². The number of amides is 4. The molecule has 2 aliphatic heterocycles. The maximum absolute atomic E-state index is 15.4. The van der Waals surface area contributed by atoms with Gasteiger partial charge in [-0.05, 0) is 35.6 Å². The average Bonchev–Trinajstić information content (AvgIpc) is 3.53. The second-order valence-corrected chi connectivity index (χ2v) is 15.9. The zero-order chi connectivity index (χ0) is 42.9. The Balaban J connectivity index is 1.35. The van der Waals surface area contributed by atoms with Gasteiger partial charge in [-0.3, -0.25) is 39.4 Å². The molecule has 6 unspecified atom stereocenters. The fraction of sp³-hybridized carbons (Fsp3) is 0.263. The van der Waals surface area contributed by atoms with Crippen LogP contribution in [0.4, 0.5) is 50.4 Å². The Morgan fingerprint density at radius 1 is 0.797 bits per heavy atom. The largest absolute Gasteiger partial charge is 0.508 e. The van der Waals surface area contributed by atoms with Crippen LogP contribution in [0.2, 0.25) is 0 Å². The van der Waals surface area contributed by atoms with E-state index in [0.717, 1.165) is 17.0 Å². The predicted molar refractivity (Wildman–Crippen MR) is 199 cm³/mol. The normalized spacial score (nSPS) is 26.2. The molecule has 0 bridgehead atoms. The van der Waals surface area contributed by atoms with Crippen LogP contribution in [0.1, 0.15) is 24.3 Å². The van der Waals surface area contributed by atoms with E-state index in [1.165, 1.54) is 44.4 Å². The van der Waals surface area contributed by atoms with Crippen molar-refractivity contribution < 1.29 is 56.1 Å². The third kappa shape index (κ3) is 5.09. The summed E-state index contributed by atoms with van der Waals surface area (Å²) in [6, 6.07) is 10.5. The lowest BCUT2D eigenvalue weighted by Gasteiger charge is -2.51. The molecule has 8 rings (SSSR count). The van der Waals surface area contributed by atoms with Gasteiger partial charge in [-0.15, -0.1) is 23.2 Å². The maximum Gasteiger partial charge on any atom is 0.301 e. The summed E-state index contributed by atoms with van der Waals surface area (Å²) in [5, 5.41) is 36.5. The first-order chi connectivity index (χ1) is 27.7. The number of halogens is 7. The van der Waals surface area contributed by atoms with Crippen LogP contribution in [0.25, 0.3) is 10.8 Å². The number of rotatable bonds is 6. The van der Waals surface area contributed by atoms with Gasteiger partial charge in [0.15, 0.2) is 38.7 Å². The highest BCUT2D eigenvalue weighted by Crippen LogP contribution is 2.67. The van der Waals surface area contributed by atoms with Gasteiger partial charge in [0, 0.05) is 37.7 Å². The number of nitrogens with zero attached hydrogens (tertiary/aromatic N) is 5. The lowest BCUT2D eigenvalue weighted by Crippen LogP contribution is -2.60. The number of aromatic hydroxyl groups is 1.